The van der Waals surface area contributed by atoms with E-state index in [0.29, 0.717) is 19.5 Å². The number of pyridine rings is 1. The van der Waals surface area contributed by atoms with E-state index in [1.54, 1.807) is 4.90 Å². The van der Waals surface area contributed by atoms with Crippen molar-refractivity contribution in [1.82, 2.24) is 9.88 Å². The summed E-state index contributed by atoms with van der Waals surface area (Å²) >= 11 is 0. The van der Waals surface area contributed by atoms with Gasteiger partial charge in [0.05, 0.1) is 17.2 Å². The molecular weight excluding hydrogens is 314 g/mol. The molecule has 1 aromatic heterocycles. The second-order valence-electron chi connectivity index (χ2n) is 7.60. The van der Waals surface area contributed by atoms with Gasteiger partial charge in [0, 0.05) is 30.1 Å². The molecule has 1 aliphatic heterocycles. The Morgan fingerprint density at radius 2 is 1.96 bits per heavy atom. The molecule has 25 heavy (non-hydrogen) atoms. The van der Waals surface area contributed by atoms with Crippen molar-refractivity contribution in [3.8, 4) is 0 Å². The number of carbonyl (C=O) groups is 1. The molecule has 2 atom stereocenters. The lowest BCUT2D eigenvalue weighted by molar-refractivity contribution is -0.136. The summed E-state index contributed by atoms with van der Waals surface area (Å²) in [6.07, 6.45) is 3.71. The first kappa shape index (κ1) is 16.5. The molecule has 0 spiro atoms. The Bertz CT molecular complexity index is 785. The molecular formula is C20H25N3O2. The predicted molar refractivity (Wildman–Crippen MR) is 96.9 cm³/mol. The maximum Gasteiger partial charge on any atom is 0.242 e. The van der Waals surface area contributed by atoms with Gasteiger partial charge in [-0.05, 0) is 31.4 Å². The smallest absolute Gasteiger partial charge is 0.242 e. The molecule has 2 fully saturated rings. The third-order valence-corrected chi connectivity index (χ3v) is 5.74. The first-order chi connectivity index (χ1) is 12.0. The monoisotopic (exact) mass is 339 g/mol. The number of rotatable bonds is 3. The first-order valence-electron chi connectivity index (χ1n) is 9.16. The van der Waals surface area contributed by atoms with Crippen LogP contribution in [-0.4, -0.2) is 45.6 Å². The summed E-state index contributed by atoms with van der Waals surface area (Å²) in [4.78, 5) is 19.2. The van der Waals surface area contributed by atoms with E-state index in [2.05, 4.69) is 6.07 Å². The summed E-state index contributed by atoms with van der Waals surface area (Å²) in [5.74, 6) is 0.0284. The summed E-state index contributed by atoms with van der Waals surface area (Å²) in [7, 11) is 0. The van der Waals surface area contributed by atoms with Gasteiger partial charge in [0.1, 0.15) is 0 Å². The number of β-amino-alcohol motifs (C(OH)–C–C–N with tert-alkyl or cyclic N) is 1. The molecule has 1 amide bonds. The number of amides is 1. The lowest BCUT2D eigenvalue weighted by atomic mass is 9.97. The van der Waals surface area contributed by atoms with Crippen LogP contribution >= 0.6 is 0 Å². The number of aromatic nitrogens is 1. The highest BCUT2D eigenvalue weighted by molar-refractivity contribution is 5.86. The fourth-order valence-electron chi connectivity index (χ4n) is 4.25. The standard InChI is InChI=1S/C20H25N3O2/c21-20(9-3-4-10-20)19(25)23-12-15(18(24)13-23)11-16-8-7-14-5-1-2-6-17(14)22-16/h1-2,5-8,15,18,24H,3-4,9-13,21H2/t15-,18-/m1/s1. The zero-order valence-electron chi connectivity index (χ0n) is 14.4. The molecule has 1 aliphatic carbocycles. The number of nitrogens with zero attached hydrogens (tertiary/aromatic N) is 2. The average molecular weight is 339 g/mol. The molecule has 0 unspecified atom stereocenters. The van der Waals surface area contributed by atoms with Crippen LogP contribution in [0.15, 0.2) is 36.4 Å². The Balaban J connectivity index is 1.46. The number of hydrogen-bond acceptors (Lipinski definition) is 4. The Morgan fingerprint density at radius 1 is 1.20 bits per heavy atom. The van der Waals surface area contributed by atoms with Crippen LogP contribution in [0.3, 0.4) is 0 Å². The maximum atomic E-state index is 12.8. The molecule has 132 valence electrons. The predicted octanol–water partition coefficient (Wildman–Crippen LogP) is 1.87. The highest BCUT2D eigenvalue weighted by Crippen LogP contribution is 2.31. The van der Waals surface area contributed by atoms with E-state index < -0.39 is 11.6 Å². The normalized spacial score (nSPS) is 25.6. The van der Waals surface area contributed by atoms with Crippen LogP contribution in [0, 0.1) is 5.92 Å². The molecule has 4 rings (SSSR count). The van der Waals surface area contributed by atoms with Crippen molar-refractivity contribution in [1.29, 1.82) is 0 Å². The molecule has 0 bridgehead atoms. The third-order valence-electron chi connectivity index (χ3n) is 5.74. The van der Waals surface area contributed by atoms with Crippen molar-refractivity contribution < 1.29 is 9.90 Å². The molecule has 5 heteroatoms. The van der Waals surface area contributed by atoms with E-state index in [0.717, 1.165) is 42.3 Å². The minimum absolute atomic E-state index is 0.0121. The van der Waals surface area contributed by atoms with E-state index in [-0.39, 0.29) is 11.8 Å². The van der Waals surface area contributed by atoms with Gasteiger partial charge in [-0.3, -0.25) is 9.78 Å². The van der Waals surface area contributed by atoms with E-state index in [9.17, 15) is 9.90 Å². The number of fused-ring (bicyclic) bond motifs is 1. The van der Waals surface area contributed by atoms with Gasteiger partial charge in [-0.15, -0.1) is 0 Å². The van der Waals surface area contributed by atoms with Crippen LogP contribution in [-0.2, 0) is 11.2 Å². The van der Waals surface area contributed by atoms with Gasteiger partial charge in [-0.1, -0.05) is 37.1 Å². The van der Waals surface area contributed by atoms with E-state index in [4.69, 9.17) is 10.7 Å². The van der Waals surface area contributed by atoms with Gasteiger partial charge < -0.3 is 15.7 Å². The van der Waals surface area contributed by atoms with Crippen LogP contribution in [0.1, 0.15) is 31.4 Å². The Hall–Kier alpha value is -1.98. The van der Waals surface area contributed by atoms with E-state index in [1.807, 2.05) is 30.3 Å². The van der Waals surface area contributed by atoms with Gasteiger partial charge in [0.2, 0.25) is 5.91 Å². The lowest BCUT2D eigenvalue weighted by Crippen LogP contribution is -2.53. The molecule has 2 aromatic rings. The molecule has 0 radical (unpaired) electrons. The van der Waals surface area contributed by atoms with Gasteiger partial charge in [0.25, 0.3) is 0 Å². The zero-order valence-corrected chi connectivity index (χ0v) is 14.4. The second-order valence-corrected chi connectivity index (χ2v) is 7.60. The van der Waals surface area contributed by atoms with Crippen molar-refractivity contribution in [2.75, 3.05) is 13.1 Å². The summed E-state index contributed by atoms with van der Waals surface area (Å²) < 4.78 is 0. The molecule has 1 saturated heterocycles. The SMILES string of the molecule is NC1(C(=O)N2C[C@@H](Cc3ccc4ccccc4n3)[C@H](O)C2)CCCC1. The highest BCUT2D eigenvalue weighted by Gasteiger charge is 2.44. The lowest BCUT2D eigenvalue weighted by Gasteiger charge is -2.28. The average Bonchev–Trinajstić information content (AvgIpc) is 3.21. The molecule has 3 N–H and O–H groups in total. The van der Waals surface area contributed by atoms with Crippen LogP contribution in [0.25, 0.3) is 10.9 Å². The minimum atomic E-state index is -0.712. The number of nitrogens with two attached hydrogens (primary N) is 1. The highest BCUT2D eigenvalue weighted by atomic mass is 16.3. The number of aliphatic hydroxyl groups is 1. The number of carbonyl (C=O) groups excluding carboxylic acids is 1. The fourth-order valence-corrected chi connectivity index (χ4v) is 4.25. The molecule has 2 aliphatic rings. The first-order valence-corrected chi connectivity index (χ1v) is 9.16. The zero-order chi connectivity index (χ0) is 17.4. The molecule has 1 saturated carbocycles. The van der Waals surface area contributed by atoms with Crippen LogP contribution in [0.2, 0.25) is 0 Å². The number of hydrogen-bond donors (Lipinski definition) is 2. The van der Waals surface area contributed by atoms with Gasteiger partial charge >= 0.3 is 0 Å². The van der Waals surface area contributed by atoms with Gasteiger partial charge in [-0.2, -0.15) is 0 Å². The molecule has 5 nitrogen and oxygen atoms in total. The van der Waals surface area contributed by atoms with Crippen molar-refractivity contribution in [2.45, 2.75) is 43.7 Å². The summed E-state index contributed by atoms with van der Waals surface area (Å²) in [6.45, 7) is 0.948. The second kappa shape index (κ2) is 6.39. The van der Waals surface area contributed by atoms with Gasteiger partial charge in [0.15, 0.2) is 0 Å². The Kier molecular flexibility index (Phi) is 4.21. The third kappa shape index (κ3) is 3.14. The molecule has 1 aromatic carbocycles. The summed E-state index contributed by atoms with van der Waals surface area (Å²) in [6, 6.07) is 12.1. The topological polar surface area (TPSA) is 79.5 Å². The van der Waals surface area contributed by atoms with E-state index >= 15 is 0 Å². The van der Waals surface area contributed by atoms with Crippen LogP contribution in [0.4, 0.5) is 0 Å². The fraction of sp³-hybridized carbons (Fsp3) is 0.500. The Labute approximate surface area is 147 Å². The van der Waals surface area contributed by atoms with Crippen molar-refractivity contribution >= 4 is 16.8 Å². The number of likely N-dealkylation sites (tertiary alicyclic amines) is 1. The minimum Gasteiger partial charge on any atom is -0.391 e. The maximum absolute atomic E-state index is 12.8. The largest absolute Gasteiger partial charge is 0.391 e. The van der Waals surface area contributed by atoms with Crippen LogP contribution < -0.4 is 5.73 Å². The Morgan fingerprint density at radius 3 is 2.76 bits per heavy atom. The number of aliphatic hydroxyl groups excluding tert-OH is 1. The van der Waals surface area contributed by atoms with Crippen molar-refractivity contribution in [2.24, 2.45) is 11.7 Å². The van der Waals surface area contributed by atoms with E-state index in [1.165, 1.54) is 0 Å². The van der Waals surface area contributed by atoms with Crippen molar-refractivity contribution in [3.05, 3.63) is 42.1 Å². The summed E-state index contributed by atoms with van der Waals surface area (Å²) in [5.41, 5.74) is 7.51. The quantitative estimate of drug-likeness (QED) is 0.895. The number of benzene rings is 1. The number of para-hydroxylation sites is 1. The molecule has 2 heterocycles. The van der Waals surface area contributed by atoms with Gasteiger partial charge in [-0.25, -0.2) is 0 Å². The van der Waals surface area contributed by atoms with Crippen molar-refractivity contribution in [3.63, 3.8) is 0 Å². The van der Waals surface area contributed by atoms with Crippen LogP contribution in [0.5, 0.6) is 0 Å². The summed E-state index contributed by atoms with van der Waals surface area (Å²) in [5, 5.41) is 11.6.